The van der Waals surface area contributed by atoms with E-state index in [4.69, 9.17) is 5.73 Å². The van der Waals surface area contributed by atoms with Gasteiger partial charge < -0.3 is 0 Å². The highest BCUT2D eigenvalue weighted by Crippen LogP contribution is 1.44. The Morgan fingerprint density at radius 3 is 2.00 bits per heavy atom. The van der Waals surface area contributed by atoms with E-state index in [0.717, 1.165) is 0 Å². The van der Waals surface area contributed by atoms with Crippen LogP contribution in [-0.2, 0) is 15.1 Å². The molecule has 39 valence electrons. The maximum Gasteiger partial charge on any atom is 0.277 e. The second kappa shape index (κ2) is 2.35. The molecule has 0 saturated carbocycles. The maximum atomic E-state index is 9.47. The molecule has 0 saturated heterocycles. The lowest BCUT2D eigenvalue weighted by atomic mass is 10.8. The summed E-state index contributed by atoms with van der Waals surface area (Å²) in [4.78, 5) is 9.47. The summed E-state index contributed by atoms with van der Waals surface area (Å²) in [5.74, 6) is -1.20. The third-order valence-electron chi connectivity index (χ3n) is 0.203. The monoisotopic (exact) mass is 120 g/mol. The lowest BCUT2D eigenvalue weighted by Gasteiger charge is -1.61. The second-order valence-corrected chi connectivity index (χ2v) is 1.50. The largest absolute Gasteiger partial charge is 0.277 e. The number of nitrogens with one attached hydrogen (secondary N) is 1. The van der Waals surface area contributed by atoms with Gasteiger partial charge in [-0.3, -0.25) is 10.5 Å². The molecule has 0 fully saturated rings. The summed E-state index contributed by atoms with van der Waals surface area (Å²) in [5.41, 5.74) is 6.02. The summed E-state index contributed by atoms with van der Waals surface area (Å²) in [6.45, 7) is 0. The van der Waals surface area contributed by atoms with Crippen LogP contribution in [0.4, 0.5) is 0 Å². The Kier molecular flexibility index (Phi) is 2.07. The standard InChI is InChI=1S/C2H2NO3S/c3-2(4)1-7(5)6/h1,3H. The van der Waals surface area contributed by atoms with Crippen molar-refractivity contribution in [2.75, 3.05) is 0 Å². The van der Waals surface area contributed by atoms with E-state index in [1.165, 1.54) is 0 Å². The van der Waals surface area contributed by atoms with E-state index in [0.29, 0.717) is 0 Å². The summed E-state index contributed by atoms with van der Waals surface area (Å²) in [6, 6.07) is 0. The minimum atomic E-state index is -2.51. The topological polar surface area (TPSA) is 75.0 Å². The Labute approximate surface area is 41.5 Å². The predicted molar refractivity (Wildman–Crippen MR) is 23.1 cm³/mol. The molecule has 0 atom stereocenters. The van der Waals surface area contributed by atoms with Crippen LogP contribution in [0.5, 0.6) is 0 Å². The van der Waals surface area contributed by atoms with Crippen LogP contribution in [-0.4, -0.2) is 19.7 Å². The highest BCUT2D eigenvalue weighted by Gasteiger charge is 1.81. The summed E-state index contributed by atoms with van der Waals surface area (Å²) in [6.07, 6.45) is 0. The van der Waals surface area contributed by atoms with Crippen molar-refractivity contribution in [3.8, 4) is 0 Å². The fourth-order valence-electron chi connectivity index (χ4n) is 0.0874. The molecule has 1 N–H and O–H groups in total. The van der Waals surface area contributed by atoms with Crippen molar-refractivity contribution in [3.05, 3.63) is 0 Å². The molecule has 1 amide bonds. The zero-order chi connectivity index (χ0) is 5.86. The first-order valence-electron chi connectivity index (χ1n) is 1.31. The SMILES string of the molecule is [NH]C(=O)C=S(=O)=O. The Bertz CT molecular complexity index is 181. The van der Waals surface area contributed by atoms with E-state index in [-0.39, 0.29) is 5.37 Å². The predicted octanol–water partition coefficient (Wildman–Crippen LogP) is -1.52. The van der Waals surface area contributed by atoms with Crippen LogP contribution in [0.15, 0.2) is 0 Å². The summed E-state index contributed by atoms with van der Waals surface area (Å²) in [7, 11) is -2.51. The van der Waals surface area contributed by atoms with Crippen LogP contribution in [0.2, 0.25) is 0 Å². The van der Waals surface area contributed by atoms with Gasteiger partial charge >= 0.3 is 0 Å². The molecule has 0 aliphatic rings. The average Bonchev–Trinajstić information content (AvgIpc) is 1.27. The van der Waals surface area contributed by atoms with E-state index >= 15 is 0 Å². The first-order chi connectivity index (χ1) is 3.13. The van der Waals surface area contributed by atoms with E-state index in [1.807, 2.05) is 0 Å². The minimum Gasteiger partial charge on any atom is -0.267 e. The van der Waals surface area contributed by atoms with E-state index in [9.17, 15) is 13.2 Å². The van der Waals surface area contributed by atoms with Crippen molar-refractivity contribution in [1.29, 1.82) is 0 Å². The van der Waals surface area contributed by atoms with Crippen molar-refractivity contribution in [2.24, 2.45) is 0 Å². The third kappa shape index (κ3) is 5.16. The Balaban J connectivity index is 4.26. The minimum absolute atomic E-state index is 0.278. The lowest BCUT2D eigenvalue weighted by molar-refractivity contribution is -0.112. The molecule has 1 radical (unpaired) electrons. The third-order valence-corrected chi connectivity index (χ3v) is 0.610. The first kappa shape index (κ1) is 6.16. The van der Waals surface area contributed by atoms with Gasteiger partial charge in [0, 0.05) is 0 Å². The van der Waals surface area contributed by atoms with Crippen molar-refractivity contribution in [3.63, 3.8) is 0 Å². The van der Waals surface area contributed by atoms with E-state index in [1.54, 1.807) is 0 Å². The quantitative estimate of drug-likeness (QED) is 0.394. The van der Waals surface area contributed by atoms with Crippen molar-refractivity contribution in [1.82, 2.24) is 5.73 Å². The van der Waals surface area contributed by atoms with Gasteiger partial charge in [0.15, 0.2) is 0 Å². The molecule has 0 aliphatic carbocycles. The van der Waals surface area contributed by atoms with Crippen LogP contribution >= 0.6 is 0 Å². The second-order valence-electron chi connectivity index (χ2n) is 0.743. The highest BCUT2D eigenvalue weighted by atomic mass is 32.2. The number of rotatable bonds is 1. The zero-order valence-electron chi connectivity index (χ0n) is 3.21. The van der Waals surface area contributed by atoms with Gasteiger partial charge in [-0.15, -0.1) is 0 Å². The van der Waals surface area contributed by atoms with Gasteiger partial charge in [0.25, 0.3) is 5.91 Å². The molecule has 0 heterocycles. The average molecular weight is 120 g/mol. The van der Waals surface area contributed by atoms with E-state index < -0.39 is 16.2 Å². The van der Waals surface area contributed by atoms with E-state index in [2.05, 4.69) is 0 Å². The van der Waals surface area contributed by atoms with Crippen LogP contribution in [0.25, 0.3) is 0 Å². The molecule has 4 nitrogen and oxygen atoms in total. The molecular formula is C2H2NO3S. The fraction of sp³-hybridized carbons (Fsp3) is 0. The molecule has 5 heteroatoms. The number of carbonyl (C=O) groups excluding carboxylic acids is 1. The maximum absolute atomic E-state index is 9.47. The normalized spacial score (nSPS) is 7.43. The smallest absolute Gasteiger partial charge is 0.267 e. The van der Waals surface area contributed by atoms with Gasteiger partial charge in [0.1, 0.15) is 5.37 Å². The van der Waals surface area contributed by atoms with Gasteiger partial charge in [-0.2, -0.15) is 8.42 Å². The molecule has 0 rings (SSSR count). The Morgan fingerprint density at radius 2 is 2.00 bits per heavy atom. The van der Waals surface area contributed by atoms with Gasteiger partial charge in [-0.25, -0.2) is 0 Å². The number of amides is 1. The lowest BCUT2D eigenvalue weighted by Crippen LogP contribution is -1.97. The van der Waals surface area contributed by atoms with Crippen LogP contribution in [0, 0.1) is 0 Å². The summed E-state index contributed by atoms with van der Waals surface area (Å²) >= 11 is 0. The highest BCUT2D eigenvalue weighted by molar-refractivity contribution is 7.73. The molecule has 0 aromatic heterocycles. The van der Waals surface area contributed by atoms with Crippen molar-refractivity contribution >= 4 is 21.6 Å². The van der Waals surface area contributed by atoms with Gasteiger partial charge in [0.05, 0.1) is 0 Å². The Morgan fingerprint density at radius 1 is 1.57 bits per heavy atom. The van der Waals surface area contributed by atoms with Crippen LogP contribution < -0.4 is 5.73 Å². The first-order valence-corrected chi connectivity index (χ1v) is 2.45. The molecule has 0 bridgehead atoms. The van der Waals surface area contributed by atoms with Gasteiger partial charge in [-0.05, 0) is 0 Å². The zero-order valence-corrected chi connectivity index (χ0v) is 4.03. The molecule has 0 unspecified atom stereocenters. The molecule has 0 spiro atoms. The summed E-state index contributed by atoms with van der Waals surface area (Å²) < 4.78 is 18.8. The molecule has 7 heavy (non-hydrogen) atoms. The van der Waals surface area contributed by atoms with Crippen molar-refractivity contribution in [2.45, 2.75) is 0 Å². The molecule has 0 aromatic rings. The van der Waals surface area contributed by atoms with Gasteiger partial charge in [-0.1, -0.05) is 0 Å². The molecule has 0 aromatic carbocycles. The number of hydrogen-bond acceptors (Lipinski definition) is 3. The van der Waals surface area contributed by atoms with Gasteiger partial charge in [0.2, 0.25) is 10.3 Å². The fourth-order valence-corrected chi connectivity index (χ4v) is 0.262. The van der Waals surface area contributed by atoms with Crippen LogP contribution in [0.3, 0.4) is 0 Å². The number of hydrogen-bond donors (Lipinski definition) is 0. The van der Waals surface area contributed by atoms with Crippen molar-refractivity contribution < 1.29 is 13.2 Å². The van der Waals surface area contributed by atoms with Crippen LogP contribution in [0.1, 0.15) is 0 Å². The summed E-state index contributed by atoms with van der Waals surface area (Å²) in [5, 5.41) is 0.278. The Hall–Kier alpha value is -0.840. The number of carbonyl (C=O) groups is 1. The molecular weight excluding hydrogens is 118 g/mol. The molecule has 0 aliphatic heterocycles.